The number of fused-ring (bicyclic) bond motifs is 1. The minimum atomic E-state index is -4.69. The molecule has 2 aliphatic rings. The molecular weight excluding hydrogens is 545 g/mol. The number of anilines is 1. The molecule has 1 atom stereocenters. The molecule has 1 aliphatic heterocycles. The van der Waals surface area contributed by atoms with Crippen molar-refractivity contribution < 1.29 is 36.3 Å². The number of halogens is 5. The Morgan fingerprint density at radius 3 is 2.49 bits per heavy atom. The standard InChI is InChI=1S/C25H22F5N5O3S/c1-12-7-31-22(39-12)17-3-15(21(37)34-13(2)16-8-32-23(33-9-16)25(28,29)30)4-18-20(17)38-11-19(36)35(18)10-14-5-24(26,27)6-14/h3-4,7-9,13-14H,5-6,10-11H2,1-2H3,(H,34,37). The van der Waals surface area contributed by atoms with Gasteiger partial charge in [0.25, 0.3) is 11.8 Å². The van der Waals surface area contributed by atoms with Crippen LogP contribution < -0.4 is 15.0 Å². The summed E-state index contributed by atoms with van der Waals surface area (Å²) in [6.45, 7) is 3.17. The Balaban J connectivity index is 1.47. The second-order valence-electron chi connectivity index (χ2n) is 9.60. The van der Waals surface area contributed by atoms with Crippen LogP contribution in [0.3, 0.4) is 0 Å². The summed E-state index contributed by atoms with van der Waals surface area (Å²) in [5.41, 5.74) is 1.09. The second-order valence-corrected chi connectivity index (χ2v) is 10.8. The Labute approximate surface area is 223 Å². The first-order valence-corrected chi connectivity index (χ1v) is 12.7. The normalized spacial score (nSPS) is 17.7. The van der Waals surface area contributed by atoms with Gasteiger partial charge in [-0.25, -0.2) is 23.7 Å². The van der Waals surface area contributed by atoms with Gasteiger partial charge in [0, 0.05) is 54.0 Å². The van der Waals surface area contributed by atoms with Crippen molar-refractivity contribution in [3.8, 4) is 16.3 Å². The number of alkyl halides is 5. The summed E-state index contributed by atoms with van der Waals surface area (Å²) in [5.74, 6) is -5.16. The van der Waals surface area contributed by atoms with E-state index in [4.69, 9.17) is 4.74 Å². The molecule has 2 aromatic heterocycles. The van der Waals surface area contributed by atoms with Crippen LogP contribution in [0.4, 0.5) is 27.6 Å². The minimum absolute atomic E-state index is 0.0471. The van der Waals surface area contributed by atoms with Crippen LogP contribution >= 0.6 is 11.3 Å². The molecule has 1 saturated carbocycles. The summed E-state index contributed by atoms with van der Waals surface area (Å²) < 4.78 is 71.1. The molecule has 1 unspecified atom stereocenters. The maximum atomic E-state index is 13.5. The molecule has 1 fully saturated rings. The summed E-state index contributed by atoms with van der Waals surface area (Å²) in [7, 11) is 0. The van der Waals surface area contributed by atoms with Crippen molar-refractivity contribution in [3.05, 3.63) is 52.6 Å². The first-order valence-electron chi connectivity index (χ1n) is 11.9. The zero-order chi connectivity index (χ0) is 28.1. The zero-order valence-electron chi connectivity index (χ0n) is 20.7. The smallest absolute Gasteiger partial charge is 0.451 e. The number of rotatable bonds is 6. The van der Waals surface area contributed by atoms with Crippen LogP contribution in [0.15, 0.2) is 30.7 Å². The number of nitrogens with zero attached hydrogens (tertiary/aromatic N) is 4. The summed E-state index contributed by atoms with van der Waals surface area (Å²) in [6, 6.07) is 2.24. The summed E-state index contributed by atoms with van der Waals surface area (Å²) in [6.07, 6.45) is -1.75. The number of amides is 2. The van der Waals surface area contributed by atoms with Gasteiger partial charge in [0.2, 0.25) is 11.7 Å². The molecule has 14 heteroatoms. The highest BCUT2D eigenvalue weighted by atomic mass is 32.1. The van der Waals surface area contributed by atoms with Crippen LogP contribution in [0.1, 0.15) is 52.4 Å². The average molecular weight is 568 g/mol. The van der Waals surface area contributed by atoms with Gasteiger partial charge in [0.15, 0.2) is 12.4 Å². The maximum Gasteiger partial charge on any atom is 0.451 e. The number of carbonyl (C=O) groups is 2. The fourth-order valence-electron chi connectivity index (χ4n) is 4.52. The molecule has 5 rings (SSSR count). The number of ether oxygens (including phenoxy) is 1. The van der Waals surface area contributed by atoms with Crippen LogP contribution in [-0.2, 0) is 11.0 Å². The van der Waals surface area contributed by atoms with Gasteiger partial charge < -0.3 is 15.0 Å². The molecule has 0 saturated heterocycles. The van der Waals surface area contributed by atoms with Crippen LogP contribution in [0, 0.1) is 12.8 Å². The molecule has 39 heavy (non-hydrogen) atoms. The monoisotopic (exact) mass is 567 g/mol. The predicted octanol–water partition coefficient (Wildman–Crippen LogP) is 5.19. The molecule has 0 spiro atoms. The molecular formula is C25H22F5N5O3S. The lowest BCUT2D eigenvalue weighted by molar-refractivity contribution is -0.145. The highest BCUT2D eigenvalue weighted by Gasteiger charge is 2.47. The lowest BCUT2D eigenvalue weighted by atomic mass is 9.81. The number of thiazole rings is 1. The number of nitrogens with one attached hydrogen (secondary N) is 1. The van der Waals surface area contributed by atoms with E-state index < -0.39 is 41.7 Å². The van der Waals surface area contributed by atoms with Crippen LogP contribution in [0.2, 0.25) is 0 Å². The number of hydrogen-bond acceptors (Lipinski definition) is 7. The molecule has 1 aromatic carbocycles. The number of aryl methyl sites for hydroxylation is 1. The fourth-order valence-corrected chi connectivity index (χ4v) is 5.30. The fraction of sp³-hybridized carbons (Fsp3) is 0.400. The van der Waals surface area contributed by atoms with E-state index in [0.29, 0.717) is 16.3 Å². The highest BCUT2D eigenvalue weighted by molar-refractivity contribution is 7.15. The van der Waals surface area contributed by atoms with Crippen molar-refractivity contribution in [2.45, 2.75) is 44.8 Å². The number of benzene rings is 1. The van der Waals surface area contributed by atoms with Crippen molar-refractivity contribution in [1.29, 1.82) is 0 Å². The molecule has 2 amide bonds. The topological polar surface area (TPSA) is 97.3 Å². The Morgan fingerprint density at radius 1 is 1.21 bits per heavy atom. The van der Waals surface area contributed by atoms with Crippen LogP contribution in [0.5, 0.6) is 5.75 Å². The van der Waals surface area contributed by atoms with E-state index in [1.54, 1.807) is 19.2 Å². The minimum Gasteiger partial charge on any atom is -0.481 e. The van der Waals surface area contributed by atoms with Crippen molar-refractivity contribution in [2.75, 3.05) is 18.1 Å². The first-order chi connectivity index (χ1) is 18.3. The maximum absolute atomic E-state index is 13.5. The average Bonchev–Trinajstić information content (AvgIpc) is 3.29. The number of aromatic nitrogens is 3. The van der Waals surface area contributed by atoms with Gasteiger partial charge in [0.05, 0.1) is 17.3 Å². The second kappa shape index (κ2) is 9.81. The summed E-state index contributed by atoms with van der Waals surface area (Å²) in [4.78, 5) is 39.4. The third kappa shape index (κ3) is 5.56. The van der Waals surface area contributed by atoms with E-state index in [0.717, 1.165) is 17.3 Å². The zero-order valence-corrected chi connectivity index (χ0v) is 21.5. The molecule has 206 valence electrons. The molecule has 3 heterocycles. The lowest BCUT2D eigenvalue weighted by Crippen LogP contribution is -2.47. The van der Waals surface area contributed by atoms with Crippen molar-refractivity contribution in [3.63, 3.8) is 0 Å². The molecule has 0 bridgehead atoms. The molecule has 1 aliphatic carbocycles. The molecule has 3 aromatic rings. The number of hydrogen-bond donors (Lipinski definition) is 1. The SMILES string of the molecule is Cc1cnc(-c2cc(C(=O)NC(C)c3cnc(C(F)(F)F)nc3)cc3c2OCC(=O)N3CC2CC(F)(F)C2)s1. The van der Waals surface area contributed by atoms with Crippen molar-refractivity contribution in [1.82, 2.24) is 20.3 Å². The van der Waals surface area contributed by atoms with Crippen molar-refractivity contribution in [2.24, 2.45) is 5.92 Å². The molecule has 1 N–H and O–H groups in total. The van der Waals surface area contributed by atoms with Gasteiger partial charge in [-0.15, -0.1) is 11.3 Å². The summed E-state index contributed by atoms with van der Waals surface area (Å²) >= 11 is 1.35. The Morgan fingerprint density at radius 2 is 1.90 bits per heavy atom. The van der Waals surface area contributed by atoms with Crippen LogP contribution in [0.25, 0.3) is 10.6 Å². The third-order valence-corrected chi connectivity index (χ3v) is 7.45. The lowest BCUT2D eigenvalue weighted by Gasteiger charge is -2.40. The third-order valence-electron chi connectivity index (χ3n) is 6.50. The van der Waals surface area contributed by atoms with Gasteiger partial charge in [-0.3, -0.25) is 9.59 Å². The van der Waals surface area contributed by atoms with Gasteiger partial charge in [-0.05, 0) is 31.9 Å². The molecule has 8 nitrogen and oxygen atoms in total. The highest BCUT2D eigenvalue weighted by Crippen LogP contribution is 2.47. The van der Waals surface area contributed by atoms with E-state index in [1.807, 2.05) is 6.92 Å². The van der Waals surface area contributed by atoms with Gasteiger partial charge >= 0.3 is 6.18 Å². The first kappa shape index (κ1) is 26.9. The Hall–Kier alpha value is -3.68. The van der Waals surface area contributed by atoms with E-state index in [2.05, 4.69) is 20.3 Å². The van der Waals surface area contributed by atoms with E-state index in [9.17, 15) is 31.5 Å². The van der Waals surface area contributed by atoms with Crippen molar-refractivity contribution >= 4 is 28.8 Å². The quantitative estimate of drug-likeness (QED) is 0.412. The Kier molecular flexibility index (Phi) is 6.77. The van der Waals surface area contributed by atoms with E-state index in [-0.39, 0.29) is 42.8 Å². The Bertz CT molecular complexity index is 1420. The summed E-state index contributed by atoms with van der Waals surface area (Å²) in [5, 5.41) is 3.23. The van der Waals surface area contributed by atoms with Gasteiger partial charge in [0.1, 0.15) is 5.01 Å². The number of carbonyl (C=O) groups excluding carboxylic acids is 2. The predicted molar refractivity (Wildman–Crippen MR) is 131 cm³/mol. The van der Waals surface area contributed by atoms with Gasteiger partial charge in [-0.1, -0.05) is 0 Å². The van der Waals surface area contributed by atoms with E-state index in [1.165, 1.54) is 22.3 Å². The van der Waals surface area contributed by atoms with Gasteiger partial charge in [-0.2, -0.15) is 13.2 Å². The molecule has 0 radical (unpaired) electrons. The van der Waals surface area contributed by atoms with E-state index >= 15 is 0 Å². The van der Waals surface area contributed by atoms with Crippen LogP contribution in [-0.4, -0.2) is 45.8 Å². The largest absolute Gasteiger partial charge is 0.481 e.